The average molecular weight is 509 g/mol. The molecule has 0 saturated heterocycles. The van der Waals surface area contributed by atoms with E-state index >= 15 is 0 Å². The Morgan fingerprint density at radius 1 is 0.737 bits per heavy atom. The fraction of sp³-hybridized carbons (Fsp3) is 0.161. The quantitative estimate of drug-likeness (QED) is 0.234. The Balaban J connectivity index is 1.45. The number of anilines is 3. The Kier molecular flexibility index (Phi) is 8.61. The maximum absolute atomic E-state index is 13.3. The van der Waals surface area contributed by atoms with Crippen molar-refractivity contribution >= 4 is 29.1 Å². The molecule has 7 heteroatoms. The van der Waals surface area contributed by atoms with Crippen LogP contribution in [0.1, 0.15) is 16.7 Å². The van der Waals surface area contributed by atoms with Crippen LogP contribution in [0.4, 0.5) is 26.7 Å². The summed E-state index contributed by atoms with van der Waals surface area (Å²) in [5.74, 6) is 1.39. The average Bonchev–Trinajstić information content (AvgIpc) is 2.90. The Morgan fingerprint density at radius 3 is 2.08 bits per heavy atom. The highest BCUT2D eigenvalue weighted by Crippen LogP contribution is 2.25. The van der Waals surface area contributed by atoms with Gasteiger partial charge >= 0.3 is 12.1 Å². The van der Waals surface area contributed by atoms with Crippen LogP contribution < -0.4 is 25.6 Å². The van der Waals surface area contributed by atoms with E-state index < -0.39 is 0 Å². The smallest absolute Gasteiger partial charge is 0.326 e. The van der Waals surface area contributed by atoms with E-state index in [0.717, 1.165) is 28.1 Å². The summed E-state index contributed by atoms with van der Waals surface area (Å²) in [5.41, 5.74) is 5.17. The summed E-state index contributed by atoms with van der Waals surface area (Å²) in [6.45, 7) is 6.38. The van der Waals surface area contributed by atoms with E-state index in [9.17, 15) is 9.59 Å². The first kappa shape index (κ1) is 26.3. The third kappa shape index (κ3) is 7.13. The summed E-state index contributed by atoms with van der Waals surface area (Å²) in [6, 6.07) is 29.6. The van der Waals surface area contributed by atoms with Crippen molar-refractivity contribution in [2.75, 3.05) is 28.6 Å². The first-order valence-corrected chi connectivity index (χ1v) is 12.5. The van der Waals surface area contributed by atoms with Crippen LogP contribution in [0.3, 0.4) is 0 Å². The van der Waals surface area contributed by atoms with E-state index in [4.69, 9.17) is 4.74 Å². The van der Waals surface area contributed by atoms with Crippen LogP contribution in [0.15, 0.2) is 97.1 Å². The van der Waals surface area contributed by atoms with Crippen molar-refractivity contribution in [1.82, 2.24) is 5.32 Å². The Hall–Kier alpha value is -4.78. The maximum Gasteiger partial charge on any atom is 0.326 e. The summed E-state index contributed by atoms with van der Waals surface area (Å²) < 4.78 is 5.89. The van der Waals surface area contributed by atoms with Crippen molar-refractivity contribution in [3.63, 3.8) is 0 Å². The van der Waals surface area contributed by atoms with Gasteiger partial charge < -0.3 is 20.7 Å². The summed E-state index contributed by atoms with van der Waals surface area (Å²) in [4.78, 5) is 27.5. The molecule has 0 fully saturated rings. The number of para-hydroxylation sites is 2. The van der Waals surface area contributed by atoms with E-state index in [-0.39, 0.29) is 25.2 Å². The minimum Gasteiger partial charge on any atom is -0.457 e. The van der Waals surface area contributed by atoms with E-state index in [1.807, 2.05) is 118 Å². The van der Waals surface area contributed by atoms with Crippen molar-refractivity contribution < 1.29 is 14.3 Å². The molecule has 7 nitrogen and oxygen atoms in total. The summed E-state index contributed by atoms with van der Waals surface area (Å²) in [5, 5.41) is 8.73. The molecule has 0 spiro atoms. The van der Waals surface area contributed by atoms with Crippen LogP contribution in [-0.4, -0.2) is 25.2 Å². The van der Waals surface area contributed by atoms with Gasteiger partial charge in [-0.05, 0) is 86.0 Å². The lowest BCUT2D eigenvalue weighted by molar-refractivity contribution is 0.250. The van der Waals surface area contributed by atoms with Gasteiger partial charge in [-0.25, -0.2) is 9.59 Å². The lowest BCUT2D eigenvalue weighted by Crippen LogP contribution is -2.42. The molecule has 0 atom stereocenters. The Bertz CT molecular complexity index is 1370. The standard InChI is InChI=1S/C31H32N4O3/c1-22-9-7-12-25(21-22)33-31(37)35(20-19-32-30(36)34-29-23(2)10-8-11-24(29)3)26-15-17-28(18-16-26)38-27-13-5-4-6-14-27/h4-18,21H,19-20H2,1-3H3,(H,33,37)(H2,32,34,36). The molecule has 0 saturated carbocycles. The van der Waals surface area contributed by atoms with Gasteiger partial charge in [0.2, 0.25) is 0 Å². The number of hydrogen-bond donors (Lipinski definition) is 3. The number of nitrogens with one attached hydrogen (secondary N) is 3. The van der Waals surface area contributed by atoms with Crippen molar-refractivity contribution in [1.29, 1.82) is 0 Å². The number of hydrogen-bond acceptors (Lipinski definition) is 3. The SMILES string of the molecule is Cc1cccc(NC(=O)N(CCNC(=O)Nc2c(C)cccc2C)c2ccc(Oc3ccccc3)cc2)c1. The van der Waals surface area contributed by atoms with Crippen LogP contribution in [-0.2, 0) is 0 Å². The largest absolute Gasteiger partial charge is 0.457 e. The summed E-state index contributed by atoms with van der Waals surface area (Å²) in [6.07, 6.45) is 0. The molecule has 4 rings (SSSR count). The topological polar surface area (TPSA) is 82.7 Å². The first-order chi connectivity index (χ1) is 18.4. The number of urea groups is 2. The van der Waals surface area contributed by atoms with Crippen molar-refractivity contribution in [2.45, 2.75) is 20.8 Å². The maximum atomic E-state index is 13.3. The molecule has 4 aromatic rings. The number of benzene rings is 4. The molecule has 4 aromatic carbocycles. The van der Waals surface area contributed by atoms with E-state index in [0.29, 0.717) is 17.1 Å². The second-order valence-electron chi connectivity index (χ2n) is 9.01. The van der Waals surface area contributed by atoms with Gasteiger partial charge in [-0.2, -0.15) is 0 Å². The van der Waals surface area contributed by atoms with E-state index in [2.05, 4.69) is 16.0 Å². The molecule has 0 aliphatic carbocycles. The number of nitrogens with zero attached hydrogens (tertiary/aromatic N) is 1. The van der Waals surface area contributed by atoms with Gasteiger partial charge in [0.25, 0.3) is 0 Å². The first-order valence-electron chi connectivity index (χ1n) is 12.5. The minimum absolute atomic E-state index is 0.250. The van der Waals surface area contributed by atoms with Gasteiger partial charge in [0.05, 0.1) is 0 Å². The van der Waals surface area contributed by atoms with Crippen LogP contribution in [0, 0.1) is 20.8 Å². The third-order valence-electron chi connectivity index (χ3n) is 5.98. The molecule has 0 unspecified atom stereocenters. The fourth-order valence-corrected chi connectivity index (χ4v) is 4.03. The van der Waals surface area contributed by atoms with Gasteiger partial charge in [-0.1, -0.05) is 48.5 Å². The zero-order chi connectivity index (χ0) is 26.9. The van der Waals surface area contributed by atoms with E-state index in [1.165, 1.54) is 0 Å². The zero-order valence-electron chi connectivity index (χ0n) is 21.8. The number of aryl methyl sites for hydroxylation is 3. The number of carbonyl (C=O) groups is 2. The van der Waals surface area contributed by atoms with Crippen LogP contribution >= 0.6 is 0 Å². The molecular formula is C31H32N4O3. The van der Waals surface area contributed by atoms with Gasteiger partial charge in [0.15, 0.2) is 0 Å². The molecule has 0 aromatic heterocycles. The molecular weight excluding hydrogens is 476 g/mol. The predicted molar refractivity (Wildman–Crippen MR) is 153 cm³/mol. The van der Waals surface area contributed by atoms with Gasteiger partial charge in [-0.15, -0.1) is 0 Å². The Morgan fingerprint density at radius 2 is 1.39 bits per heavy atom. The van der Waals surface area contributed by atoms with Crippen LogP contribution in [0.5, 0.6) is 11.5 Å². The monoisotopic (exact) mass is 508 g/mol. The fourth-order valence-electron chi connectivity index (χ4n) is 4.03. The van der Waals surface area contributed by atoms with Crippen LogP contribution in [0.2, 0.25) is 0 Å². The lowest BCUT2D eigenvalue weighted by Gasteiger charge is -2.24. The van der Waals surface area contributed by atoms with Crippen LogP contribution in [0.25, 0.3) is 0 Å². The highest BCUT2D eigenvalue weighted by molar-refractivity contribution is 6.02. The molecule has 4 amide bonds. The van der Waals surface area contributed by atoms with Crippen molar-refractivity contribution in [3.8, 4) is 11.5 Å². The minimum atomic E-state index is -0.326. The van der Waals surface area contributed by atoms with Gasteiger partial charge in [0, 0.05) is 30.2 Å². The Labute approximate surface area is 223 Å². The van der Waals surface area contributed by atoms with Gasteiger partial charge in [0.1, 0.15) is 11.5 Å². The molecule has 0 aliphatic heterocycles. The molecule has 0 radical (unpaired) electrons. The normalized spacial score (nSPS) is 10.4. The highest BCUT2D eigenvalue weighted by atomic mass is 16.5. The lowest BCUT2D eigenvalue weighted by atomic mass is 10.1. The highest BCUT2D eigenvalue weighted by Gasteiger charge is 2.17. The van der Waals surface area contributed by atoms with Crippen molar-refractivity contribution in [2.24, 2.45) is 0 Å². The molecule has 0 heterocycles. The molecule has 0 bridgehead atoms. The number of carbonyl (C=O) groups excluding carboxylic acids is 2. The van der Waals surface area contributed by atoms with Crippen molar-refractivity contribution in [3.05, 3.63) is 114 Å². The summed E-state index contributed by atoms with van der Waals surface area (Å²) >= 11 is 0. The van der Waals surface area contributed by atoms with E-state index in [1.54, 1.807) is 4.90 Å². The molecule has 38 heavy (non-hydrogen) atoms. The zero-order valence-corrected chi connectivity index (χ0v) is 21.8. The molecule has 194 valence electrons. The van der Waals surface area contributed by atoms with Gasteiger partial charge in [-0.3, -0.25) is 4.90 Å². The molecule has 3 N–H and O–H groups in total. The third-order valence-corrected chi connectivity index (χ3v) is 5.98. The second kappa shape index (κ2) is 12.5. The number of amides is 4. The molecule has 0 aliphatic rings. The predicted octanol–water partition coefficient (Wildman–Crippen LogP) is 7.26. The number of rotatable bonds is 8. The summed E-state index contributed by atoms with van der Waals surface area (Å²) in [7, 11) is 0. The number of ether oxygens (including phenoxy) is 1. The second-order valence-corrected chi connectivity index (χ2v) is 9.01.